The van der Waals surface area contributed by atoms with Gasteiger partial charge in [0.25, 0.3) is 0 Å². The summed E-state index contributed by atoms with van der Waals surface area (Å²) in [5.41, 5.74) is 3.01. The molecule has 0 radical (unpaired) electrons. The highest BCUT2D eigenvalue weighted by molar-refractivity contribution is 7.99. The Hall–Kier alpha value is -2.67. The third-order valence-electron chi connectivity index (χ3n) is 5.55. The minimum Gasteiger partial charge on any atom is -0.355 e. The molecule has 0 aliphatic heterocycles. The molecule has 3 aromatic rings. The number of nitrogens with one attached hydrogen (secondary N) is 1. The molecule has 30 heavy (non-hydrogen) atoms. The Labute approximate surface area is 181 Å². The van der Waals surface area contributed by atoms with Crippen molar-refractivity contribution in [3.63, 3.8) is 0 Å². The van der Waals surface area contributed by atoms with Crippen molar-refractivity contribution in [2.45, 2.75) is 44.2 Å². The molecule has 2 aromatic heterocycles. The fraction of sp³-hybridized carbons (Fsp3) is 0.391. The van der Waals surface area contributed by atoms with E-state index in [1.807, 2.05) is 34.9 Å². The van der Waals surface area contributed by atoms with Crippen molar-refractivity contribution >= 4 is 17.7 Å². The van der Waals surface area contributed by atoms with Crippen LogP contribution in [0.25, 0.3) is 17.1 Å². The Morgan fingerprint density at radius 3 is 2.73 bits per heavy atom. The van der Waals surface area contributed by atoms with E-state index in [1.165, 1.54) is 43.9 Å². The SMILES string of the molecule is Cc1ccccc1-n1c(SCC(=O)NCC2CCCCC2)nnc1-c1cccnc1. The number of nitrogens with zero attached hydrogens (tertiary/aromatic N) is 4. The normalized spacial score (nSPS) is 14.6. The molecule has 1 fully saturated rings. The number of hydrogen-bond donors (Lipinski definition) is 1. The van der Waals surface area contributed by atoms with Crippen molar-refractivity contribution < 1.29 is 4.79 Å². The maximum absolute atomic E-state index is 12.5. The zero-order valence-electron chi connectivity index (χ0n) is 17.3. The van der Waals surface area contributed by atoms with E-state index in [2.05, 4.69) is 33.5 Å². The van der Waals surface area contributed by atoms with E-state index >= 15 is 0 Å². The molecule has 0 spiro atoms. The molecule has 4 rings (SSSR count). The molecule has 7 heteroatoms. The van der Waals surface area contributed by atoms with Gasteiger partial charge in [-0.1, -0.05) is 49.2 Å². The van der Waals surface area contributed by atoms with Gasteiger partial charge in [0.1, 0.15) is 0 Å². The third kappa shape index (κ3) is 4.90. The average molecular weight is 422 g/mol. The summed E-state index contributed by atoms with van der Waals surface area (Å²) in [5, 5.41) is 12.6. The van der Waals surface area contributed by atoms with Gasteiger partial charge < -0.3 is 5.32 Å². The molecule has 0 unspecified atom stereocenters. The molecule has 0 saturated heterocycles. The second-order valence-electron chi connectivity index (χ2n) is 7.77. The Morgan fingerprint density at radius 1 is 1.13 bits per heavy atom. The number of hydrogen-bond acceptors (Lipinski definition) is 5. The van der Waals surface area contributed by atoms with Crippen LogP contribution in [-0.4, -0.2) is 38.0 Å². The van der Waals surface area contributed by atoms with Gasteiger partial charge in [-0.2, -0.15) is 0 Å². The van der Waals surface area contributed by atoms with Gasteiger partial charge in [0.05, 0.1) is 11.4 Å². The summed E-state index contributed by atoms with van der Waals surface area (Å²) < 4.78 is 2.02. The maximum atomic E-state index is 12.5. The quantitative estimate of drug-likeness (QED) is 0.572. The Balaban J connectivity index is 1.51. The Kier molecular flexibility index (Phi) is 6.79. The summed E-state index contributed by atoms with van der Waals surface area (Å²) in [6, 6.07) is 12.0. The molecule has 1 N–H and O–H groups in total. The van der Waals surface area contributed by atoms with Crippen molar-refractivity contribution in [1.82, 2.24) is 25.1 Å². The number of pyridine rings is 1. The van der Waals surface area contributed by atoms with Gasteiger partial charge in [0.2, 0.25) is 5.91 Å². The van der Waals surface area contributed by atoms with E-state index in [9.17, 15) is 4.79 Å². The van der Waals surface area contributed by atoms with Gasteiger partial charge in [0.15, 0.2) is 11.0 Å². The summed E-state index contributed by atoms with van der Waals surface area (Å²) in [6.07, 6.45) is 9.87. The molecule has 1 amide bonds. The van der Waals surface area contributed by atoms with E-state index in [1.54, 1.807) is 12.4 Å². The summed E-state index contributed by atoms with van der Waals surface area (Å²) in [4.78, 5) is 16.7. The lowest BCUT2D eigenvalue weighted by atomic mass is 9.89. The molecule has 6 nitrogen and oxygen atoms in total. The number of para-hydroxylation sites is 1. The largest absolute Gasteiger partial charge is 0.355 e. The van der Waals surface area contributed by atoms with Crippen molar-refractivity contribution in [3.8, 4) is 17.1 Å². The van der Waals surface area contributed by atoms with Gasteiger partial charge in [-0.15, -0.1) is 10.2 Å². The van der Waals surface area contributed by atoms with E-state index in [4.69, 9.17) is 0 Å². The second kappa shape index (κ2) is 9.89. The highest BCUT2D eigenvalue weighted by atomic mass is 32.2. The molecule has 1 aliphatic rings. The van der Waals surface area contributed by atoms with Crippen LogP contribution in [-0.2, 0) is 4.79 Å². The average Bonchev–Trinajstić information content (AvgIpc) is 3.21. The van der Waals surface area contributed by atoms with Crippen LogP contribution in [0, 0.1) is 12.8 Å². The van der Waals surface area contributed by atoms with E-state index in [0.717, 1.165) is 29.2 Å². The highest BCUT2D eigenvalue weighted by Crippen LogP contribution is 2.29. The molecule has 1 aromatic carbocycles. The summed E-state index contributed by atoms with van der Waals surface area (Å²) >= 11 is 1.42. The number of aromatic nitrogens is 4. The van der Waals surface area contributed by atoms with Crippen LogP contribution in [0.1, 0.15) is 37.7 Å². The number of carbonyl (C=O) groups is 1. The van der Waals surface area contributed by atoms with E-state index in [-0.39, 0.29) is 5.91 Å². The van der Waals surface area contributed by atoms with Gasteiger partial charge in [0, 0.05) is 24.5 Å². The van der Waals surface area contributed by atoms with Crippen LogP contribution in [0.15, 0.2) is 53.9 Å². The molecule has 2 heterocycles. The number of carbonyl (C=O) groups excluding carboxylic acids is 1. The van der Waals surface area contributed by atoms with Crippen molar-refractivity contribution in [3.05, 3.63) is 54.4 Å². The lowest BCUT2D eigenvalue weighted by Gasteiger charge is -2.21. The van der Waals surface area contributed by atoms with Gasteiger partial charge in [-0.05, 0) is 49.4 Å². The Morgan fingerprint density at radius 2 is 1.97 bits per heavy atom. The van der Waals surface area contributed by atoms with Crippen LogP contribution >= 0.6 is 11.8 Å². The number of thioether (sulfide) groups is 1. The molecule has 0 bridgehead atoms. The smallest absolute Gasteiger partial charge is 0.230 e. The van der Waals surface area contributed by atoms with Gasteiger partial charge in [-0.25, -0.2) is 0 Å². The molecular formula is C23H27N5OS. The van der Waals surface area contributed by atoms with Crippen molar-refractivity contribution in [1.29, 1.82) is 0 Å². The minimum atomic E-state index is 0.0489. The van der Waals surface area contributed by atoms with Crippen molar-refractivity contribution in [2.24, 2.45) is 5.92 Å². The van der Waals surface area contributed by atoms with E-state index < -0.39 is 0 Å². The molecular weight excluding hydrogens is 394 g/mol. The first-order valence-corrected chi connectivity index (χ1v) is 11.5. The zero-order valence-corrected chi connectivity index (χ0v) is 18.1. The second-order valence-corrected chi connectivity index (χ2v) is 8.71. The standard InChI is InChI=1S/C23H27N5OS/c1-17-8-5-6-12-20(17)28-22(19-11-7-13-24-15-19)26-27-23(28)30-16-21(29)25-14-18-9-3-2-4-10-18/h5-8,11-13,15,18H,2-4,9-10,14,16H2,1H3,(H,25,29). The summed E-state index contributed by atoms with van der Waals surface area (Å²) in [5.74, 6) is 1.72. The van der Waals surface area contributed by atoms with Crippen LogP contribution in [0.3, 0.4) is 0 Å². The van der Waals surface area contributed by atoms with Gasteiger partial charge in [-0.3, -0.25) is 14.3 Å². The minimum absolute atomic E-state index is 0.0489. The predicted octanol–water partition coefficient (Wildman–Crippen LogP) is 4.43. The fourth-order valence-electron chi connectivity index (χ4n) is 3.91. The predicted molar refractivity (Wildman–Crippen MR) is 120 cm³/mol. The van der Waals surface area contributed by atoms with Crippen LogP contribution in [0.2, 0.25) is 0 Å². The van der Waals surface area contributed by atoms with E-state index in [0.29, 0.717) is 16.8 Å². The summed E-state index contributed by atoms with van der Waals surface area (Å²) in [7, 11) is 0. The monoisotopic (exact) mass is 421 g/mol. The number of rotatable bonds is 7. The van der Waals surface area contributed by atoms with Gasteiger partial charge >= 0.3 is 0 Å². The molecule has 1 saturated carbocycles. The third-order valence-corrected chi connectivity index (χ3v) is 6.48. The van der Waals surface area contributed by atoms with Crippen LogP contribution in [0.4, 0.5) is 0 Å². The first kappa shape index (κ1) is 20.6. The number of aryl methyl sites for hydroxylation is 1. The number of amides is 1. The number of benzene rings is 1. The zero-order chi connectivity index (χ0) is 20.8. The van der Waals surface area contributed by atoms with Crippen LogP contribution in [0.5, 0.6) is 0 Å². The lowest BCUT2D eigenvalue weighted by Crippen LogP contribution is -2.31. The topological polar surface area (TPSA) is 72.7 Å². The first-order chi connectivity index (χ1) is 14.7. The highest BCUT2D eigenvalue weighted by Gasteiger charge is 2.19. The molecule has 156 valence electrons. The first-order valence-electron chi connectivity index (χ1n) is 10.5. The maximum Gasteiger partial charge on any atom is 0.230 e. The van der Waals surface area contributed by atoms with Crippen LogP contribution < -0.4 is 5.32 Å². The molecule has 0 atom stereocenters. The van der Waals surface area contributed by atoms with Crippen molar-refractivity contribution in [2.75, 3.05) is 12.3 Å². The molecule has 1 aliphatic carbocycles. The fourth-order valence-corrected chi connectivity index (χ4v) is 4.68. The summed E-state index contributed by atoms with van der Waals surface area (Å²) in [6.45, 7) is 2.85. The Bertz CT molecular complexity index is 982. The lowest BCUT2D eigenvalue weighted by molar-refractivity contribution is -0.118.